The number of nitrogens with zero attached hydrogens (tertiary/aromatic N) is 2. The van der Waals surface area contributed by atoms with E-state index in [1.54, 1.807) is 13.0 Å². The van der Waals surface area contributed by atoms with Crippen LogP contribution in [0.4, 0.5) is 4.79 Å². The number of esters is 1. The number of pyridine rings is 2. The van der Waals surface area contributed by atoms with E-state index in [-0.39, 0.29) is 24.1 Å². The summed E-state index contributed by atoms with van der Waals surface area (Å²) < 4.78 is 11.4. The standard InChI is InChI=1S/C21H15ClN2O6/c1-2-21(28)12-8-14-16-11(7-10-5-3-4-6-13(10)23-16)9-24(14)17(25)15(12)18(29-19(21)26)30-20(22)27/h3-8,18,28H,2,9H2,1H3/t18?,21-/m0/s1. The van der Waals surface area contributed by atoms with Gasteiger partial charge in [0.1, 0.15) is 5.56 Å². The number of benzene rings is 1. The molecule has 4 heterocycles. The Morgan fingerprint density at radius 1 is 1.37 bits per heavy atom. The molecule has 0 saturated carbocycles. The van der Waals surface area contributed by atoms with Crippen LogP contribution in [0.2, 0.25) is 0 Å². The van der Waals surface area contributed by atoms with Crippen LogP contribution >= 0.6 is 11.6 Å². The van der Waals surface area contributed by atoms with Gasteiger partial charge in [0, 0.05) is 28.1 Å². The Balaban J connectivity index is 1.79. The van der Waals surface area contributed by atoms with Crippen molar-refractivity contribution in [1.82, 2.24) is 9.55 Å². The first-order chi connectivity index (χ1) is 14.3. The van der Waals surface area contributed by atoms with E-state index in [2.05, 4.69) is 4.98 Å². The fourth-order valence-corrected chi connectivity index (χ4v) is 4.20. The Bertz CT molecular complexity index is 1320. The molecule has 1 aromatic carbocycles. The fraction of sp³-hybridized carbons (Fsp3) is 0.238. The topological polar surface area (TPSA) is 108 Å². The molecule has 0 spiro atoms. The van der Waals surface area contributed by atoms with Crippen LogP contribution in [0.5, 0.6) is 0 Å². The number of fused-ring (bicyclic) bond motifs is 5. The van der Waals surface area contributed by atoms with Crippen LogP contribution in [0.15, 0.2) is 41.2 Å². The van der Waals surface area contributed by atoms with Crippen molar-refractivity contribution in [2.45, 2.75) is 31.8 Å². The van der Waals surface area contributed by atoms with E-state index < -0.39 is 28.8 Å². The first-order valence-electron chi connectivity index (χ1n) is 9.30. The van der Waals surface area contributed by atoms with Crippen LogP contribution in [0.25, 0.3) is 22.3 Å². The highest BCUT2D eigenvalue weighted by Gasteiger charge is 2.50. The minimum Gasteiger partial charge on any atom is -0.418 e. The average molecular weight is 427 g/mol. The smallest absolute Gasteiger partial charge is 0.407 e. The van der Waals surface area contributed by atoms with E-state index >= 15 is 0 Å². The Morgan fingerprint density at radius 3 is 2.87 bits per heavy atom. The molecule has 0 saturated heterocycles. The lowest BCUT2D eigenvalue weighted by atomic mass is 9.85. The molecule has 0 fully saturated rings. The van der Waals surface area contributed by atoms with Gasteiger partial charge in [0.05, 0.1) is 23.4 Å². The molecule has 0 amide bonds. The summed E-state index contributed by atoms with van der Waals surface area (Å²) in [6.45, 7) is 1.83. The number of aliphatic hydroxyl groups is 1. The molecule has 152 valence electrons. The summed E-state index contributed by atoms with van der Waals surface area (Å²) in [5.74, 6) is -1.02. The summed E-state index contributed by atoms with van der Waals surface area (Å²) >= 11 is 5.30. The molecule has 5 rings (SSSR count). The molecule has 2 aromatic heterocycles. The zero-order valence-electron chi connectivity index (χ0n) is 15.7. The molecule has 8 nitrogen and oxygen atoms in total. The van der Waals surface area contributed by atoms with Crippen LogP contribution in [-0.2, 0) is 26.4 Å². The molecule has 0 radical (unpaired) electrons. The van der Waals surface area contributed by atoms with Crippen LogP contribution in [0.3, 0.4) is 0 Å². The molecule has 2 aliphatic heterocycles. The van der Waals surface area contributed by atoms with E-state index in [1.165, 1.54) is 4.57 Å². The Labute approximate surface area is 174 Å². The van der Waals surface area contributed by atoms with E-state index in [1.807, 2.05) is 30.3 Å². The predicted molar refractivity (Wildman–Crippen MR) is 106 cm³/mol. The first-order valence-corrected chi connectivity index (χ1v) is 9.68. The van der Waals surface area contributed by atoms with Gasteiger partial charge in [-0.2, -0.15) is 0 Å². The van der Waals surface area contributed by atoms with Crippen molar-refractivity contribution >= 4 is 33.9 Å². The van der Waals surface area contributed by atoms with Crippen LogP contribution in [-0.4, -0.2) is 26.1 Å². The number of cyclic esters (lactones) is 1. The number of para-hydroxylation sites is 1. The lowest BCUT2D eigenvalue weighted by Gasteiger charge is -2.35. The maximum atomic E-state index is 13.4. The molecular formula is C21H15ClN2O6. The number of ether oxygens (including phenoxy) is 2. The molecule has 3 aromatic rings. The summed E-state index contributed by atoms with van der Waals surface area (Å²) in [7, 11) is 0. The molecule has 1 unspecified atom stereocenters. The zero-order chi connectivity index (χ0) is 21.2. The van der Waals surface area contributed by atoms with Crippen LogP contribution in [0, 0.1) is 0 Å². The van der Waals surface area contributed by atoms with Crippen molar-refractivity contribution in [1.29, 1.82) is 0 Å². The van der Waals surface area contributed by atoms with Gasteiger partial charge in [0.15, 0.2) is 5.60 Å². The molecule has 2 atom stereocenters. The summed E-state index contributed by atoms with van der Waals surface area (Å²) in [5.41, 5.74) is -1.29. The van der Waals surface area contributed by atoms with E-state index in [0.717, 1.165) is 16.5 Å². The number of carbonyl (C=O) groups excluding carboxylic acids is 2. The molecular weight excluding hydrogens is 412 g/mol. The lowest BCUT2D eigenvalue weighted by molar-refractivity contribution is -0.198. The molecule has 1 N–H and O–H groups in total. The van der Waals surface area contributed by atoms with Crippen molar-refractivity contribution in [3.8, 4) is 11.4 Å². The van der Waals surface area contributed by atoms with Crippen molar-refractivity contribution in [3.05, 3.63) is 63.4 Å². The normalized spacial score (nSPS) is 21.6. The number of aromatic nitrogens is 2. The van der Waals surface area contributed by atoms with Gasteiger partial charge in [-0.05, 0) is 24.6 Å². The summed E-state index contributed by atoms with van der Waals surface area (Å²) in [4.78, 5) is 41.8. The summed E-state index contributed by atoms with van der Waals surface area (Å²) in [6, 6.07) is 11.1. The van der Waals surface area contributed by atoms with Gasteiger partial charge in [0.25, 0.3) is 11.8 Å². The van der Waals surface area contributed by atoms with Crippen LogP contribution < -0.4 is 5.56 Å². The van der Waals surface area contributed by atoms with Gasteiger partial charge < -0.3 is 19.1 Å². The molecule has 30 heavy (non-hydrogen) atoms. The van der Waals surface area contributed by atoms with Crippen molar-refractivity contribution in [3.63, 3.8) is 0 Å². The van der Waals surface area contributed by atoms with E-state index in [9.17, 15) is 19.5 Å². The second-order valence-corrected chi connectivity index (χ2v) is 7.55. The zero-order valence-corrected chi connectivity index (χ0v) is 16.5. The Morgan fingerprint density at radius 2 is 2.13 bits per heavy atom. The number of halogens is 1. The van der Waals surface area contributed by atoms with Gasteiger partial charge >= 0.3 is 11.4 Å². The molecule has 0 aliphatic carbocycles. The monoisotopic (exact) mass is 426 g/mol. The minimum absolute atomic E-state index is 0.0308. The Hall–Kier alpha value is -3.23. The number of carbonyl (C=O) groups is 2. The van der Waals surface area contributed by atoms with E-state index in [0.29, 0.717) is 11.4 Å². The second-order valence-electron chi connectivity index (χ2n) is 7.24. The third kappa shape index (κ3) is 2.50. The third-order valence-electron chi connectivity index (χ3n) is 5.66. The lowest BCUT2D eigenvalue weighted by Crippen LogP contribution is -2.46. The van der Waals surface area contributed by atoms with Gasteiger partial charge in [0.2, 0.25) is 0 Å². The summed E-state index contributed by atoms with van der Waals surface area (Å²) in [6.07, 6.45) is -1.67. The van der Waals surface area contributed by atoms with Gasteiger partial charge in [-0.1, -0.05) is 25.1 Å². The highest BCUT2D eigenvalue weighted by Crippen LogP contribution is 2.42. The van der Waals surface area contributed by atoms with Crippen LogP contribution in [0.1, 0.15) is 36.3 Å². The maximum absolute atomic E-state index is 13.4. The third-order valence-corrected chi connectivity index (χ3v) is 5.75. The fourth-order valence-electron chi connectivity index (χ4n) is 4.12. The minimum atomic E-state index is -2.06. The largest absolute Gasteiger partial charge is 0.418 e. The number of rotatable bonds is 2. The van der Waals surface area contributed by atoms with Crippen molar-refractivity contribution in [2.75, 3.05) is 0 Å². The van der Waals surface area contributed by atoms with Gasteiger partial charge in [-0.15, -0.1) is 0 Å². The van der Waals surface area contributed by atoms with Gasteiger partial charge in [-0.3, -0.25) is 4.79 Å². The number of hydrogen-bond acceptors (Lipinski definition) is 7. The highest BCUT2D eigenvalue weighted by atomic mass is 35.5. The van der Waals surface area contributed by atoms with Crippen molar-refractivity contribution in [2.24, 2.45) is 0 Å². The average Bonchev–Trinajstić information content (AvgIpc) is 3.07. The summed E-state index contributed by atoms with van der Waals surface area (Å²) in [5, 5.41) is 11.9. The molecule has 0 bridgehead atoms. The van der Waals surface area contributed by atoms with Crippen molar-refractivity contribution < 1.29 is 24.2 Å². The highest BCUT2D eigenvalue weighted by molar-refractivity contribution is 6.61. The molecule has 2 aliphatic rings. The predicted octanol–water partition coefficient (Wildman–Crippen LogP) is 2.95. The first kappa shape index (κ1) is 18.8. The Kier molecular flexibility index (Phi) is 4.00. The maximum Gasteiger partial charge on any atom is 0.407 e. The SMILES string of the molecule is CC[C@@]1(O)C(=O)OC(OC(=O)Cl)c2c1cc1n(c2=O)Cc2cc3ccccc3nc2-1. The van der Waals surface area contributed by atoms with Gasteiger partial charge in [-0.25, -0.2) is 14.6 Å². The van der Waals surface area contributed by atoms with E-state index in [4.69, 9.17) is 21.1 Å². The number of hydrogen-bond donors (Lipinski definition) is 1. The second kappa shape index (κ2) is 6.38. The quantitative estimate of drug-likeness (QED) is 0.388. The molecule has 9 heteroatoms.